The Morgan fingerprint density at radius 1 is 1.17 bits per heavy atom. The van der Waals surface area contributed by atoms with E-state index in [9.17, 15) is 4.79 Å². The van der Waals surface area contributed by atoms with Crippen molar-refractivity contribution in [2.45, 2.75) is 19.9 Å². The van der Waals surface area contributed by atoms with Gasteiger partial charge in [0.2, 0.25) is 5.96 Å². The molecule has 0 aromatic heterocycles. The molecule has 0 atom stereocenters. The van der Waals surface area contributed by atoms with Crippen molar-refractivity contribution in [1.29, 1.82) is 0 Å². The van der Waals surface area contributed by atoms with Gasteiger partial charge in [0.05, 0.1) is 13.7 Å². The van der Waals surface area contributed by atoms with Crippen molar-refractivity contribution < 1.29 is 9.53 Å². The van der Waals surface area contributed by atoms with Crippen LogP contribution in [0.1, 0.15) is 24.2 Å². The first kappa shape index (κ1) is 16.8. The molecule has 0 spiro atoms. The van der Waals surface area contributed by atoms with Crippen molar-refractivity contribution in [3.05, 3.63) is 29.8 Å². The number of carbonyl (C=O) groups is 1. The van der Waals surface area contributed by atoms with Crippen LogP contribution >= 0.6 is 0 Å². The van der Waals surface area contributed by atoms with Gasteiger partial charge in [0, 0.05) is 44.3 Å². The third-order valence-electron chi connectivity index (χ3n) is 4.71. The molecule has 6 nitrogen and oxygen atoms in total. The lowest BCUT2D eigenvalue weighted by Gasteiger charge is -2.39. The summed E-state index contributed by atoms with van der Waals surface area (Å²) in [5.74, 6) is 1.52. The third-order valence-corrected chi connectivity index (χ3v) is 4.71. The van der Waals surface area contributed by atoms with Gasteiger partial charge < -0.3 is 9.64 Å². The molecule has 1 saturated heterocycles. The highest BCUT2D eigenvalue weighted by atomic mass is 16.5. The topological polar surface area (TPSA) is 48.4 Å². The summed E-state index contributed by atoms with van der Waals surface area (Å²) >= 11 is 0. The number of guanidine groups is 1. The van der Waals surface area contributed by atoms with Crippen molar-refractivity contribution >= 4 is 11.9 Å². The van der Waals surface area contributed by atoms with Crippen LogP contribution in [0.25, 0.3) is 0 Å². The van der Waals surface area contributed by atoms with Crippen LogP contribution in [0, 0.1) is 0 Å². The van der Waals surface area contributed by atoms with Gasteiger partial charge in [-0.15, -0.1) is 0 Å². The third kappa shape index (κ3) is 3.38. The molecule has 0 aliphatic carbocycles. The summed E-state index contributed by atoms with van der Waals surface area (Å²) in [7, 11) is 1.61. The standard InChI is InChI=1S/C18H26N4O2/c1-14(2)20-9-11-21(12-10-20)18-19-7-8-22(18)17(23)15-5-4-6-16(13-15)24-3/h4-6,13-14H,7-12H2,1-3H3. The normalized spacial score (nSPS) is 18.9. The average Bonchev–Trinajstić information content (AvgIpc) is 3.11. The molecule has 3 rings (SSSR count). The second-order valence-electron chi connectivity index (χ2n) is 6.49. The Bertz CT molecular complexity index is 621. The molecular formula is C18H26N4O2. The fourth-order valence-corrected chi connectivity index (χ4v) is 3.25. The number of carbonyl (C=O) groups excluding carboxylic acids is 1. The summed E-state index contributed by atoms with van der Waals surface area (Å²) in [5, 5.41) is 0. The number of amides is 1. The van der Waals surface area contributed by atoms with Gasteiger partial charge in [0.25, 0.3) is 5.91 Å². The Morgan fingerprint density at radius 2 is 1.92 bits per heavy atom. The lowest BCUT2D eigenvalue weighted by Crippen LogP contribution is -2.54. The highest BCUT2D eigenvalue weighted by Crippen LogP contribution is 2.18. The van der Waals surface area contributed by atoms with Gasteiger partial charge in [0.1, 0.15) is 5.75 Å². The van der Waals surface area contributed by atoms with E-state index in [1.165, 1.54) is 0 Å². The Labute approximate surface area is 143 Å². The van der Waals surface area contributed by atoms with E-state index in [2.05, 4.69) is 28.6 Å². The first-order valence-corrected chi connectivity index (χ1v) is 8.59. The van der Waals surface area contributed by atoms with Crippen LogP contribution in [0.15, 0.2) is 29.3 Å². The average molecular weight is 330 g/mol. The first-order chi connectivity index (χ1) is 11.6. The minimum Gasteiger partial charge on any atom is -0.497 e. The number of piperazine rings is 1. The molecule has 1 amide bonds. The molecule has 130 valence electrons. The zero-order valence-corrected chi connectivity index (χ0v) is 14.7. The second kappa shape index (κ2) is 7.21. The van der Waals surface area contributed by atoms with Crippen molar-refractivity contribution in [2.75, 3.05) is 46.4 Å². The van der Waals surface area contributed by atoms with E-state index in [-0.39, 0.29) is 5.91 Å². The SMILES string of the molecule is COc1cccc(C(=O)N2CCN=C2N2CCN(C(C)C)CC2)c1. The van der Waals surface area contributed by atoms with Gasteiger partial charge in [-0.25, -0.2) is 0 Å². The van der Waals surface area contributed by atoms with Crippen molar-refractivity contribution in [3.8, 4) is 5.75 Å². The number of hydrogen-bond donors (Lipinski definition) is 0. The van der Waals surface area contributed by atoms with Crippen LogP contribution in [-0.4, -0.2) is 79.0 Å². The highest BCUT2D eigenvalue weighted by Gasteiger charge is 2.31. The summed E-state index contributed by atoms with van der Waals surface area (Å²) in [6.07, 6.45) is 0. The number of nitrogens with zero attached hydrogens (tertiary/aromatic N) is 4. The number of ether oxygens (including phenoxy) is 1. The maximum Gasteiger partial charge on any atom is 0.260 e. The van der Waals surface area contributed by atoms with Crippen LogP contribution in [0.3, 0.4) is 0 Å². The van der Waals surface area contributed by atoms with Crippen LogP contribution in [0.2, 0.25) is 0 Å². The number of rotatable bonds is 3. The number of aliphatic imine (C=N–C) groups is 1. The van der Waals surface area contributed by atoms with Gasteiger partial charge in [0.15, 0.2) is 0 Å². The smallest absolute Gasteiger partial charge is 0.260 e. The molecule has 2 heterocycles. The van der Waals surface area contributed by atoms with Crippen molar-refractivity contribution in [1.82, 2.24) is 14.7 Å². The zero-order valence-electron chi connectivity index (χ0n) is 14.7. The van der Waals surface area contributed by atoms with Crippen molar-refractivity contribution in [3.63, 3.8) is 0 Å². The summed E-state index contributed by atoms with van der Waals surface area (Å²) in [6, 6.07) is 7.88. The maximum atomic E-state index is 12.9. The van der Waals surface area contributed by atoms with E-state index in [1.807, 2.05) is 18.2 Å². The van der Waals surface area contributed by atoms with Crippen LogP contribution in [-0.2, 0) is 0 Å². The Balaban J connectivity index is 1.70. The maximum absolute atomic E-state index is 12.9. The van der Waals surface area contributed by atoms with Gasteiger partial charge in [-0.1, -0.05) is 6.07 Å². The second-order valence-corrected chi connectivity index (χ2v) is 6.49. The Hall–Kier alpha value is -2.08. The van der Waals surface area contributed by atoms with Gasteiger partial charge >= 0.3 is 0 Å². The van der Waals surface area contributed by atoms with Crippen molar-refractivity contribution in [2.24, 2.45) is 4.99 Å². The molecule has 0 radical (unpaired) electrons. The summed E-state index contributed by atoms with van der Waals surface area (Å²) in [5.41, 5.74) is 0.643. The molecule has 2 aliphatic rings. The van der Waals surface area contributed by atoms with Crippen LogP contribution in [0.5, 0.6) is 5.75 Å². The van der Waals surface area contributed by atoms with E-state index >= 15 is 0 Å². The summed E-state index contributed by atoms with van der Waals surface area (Å²) in [6.45, 7) is 9.63. The molecule has 0 bridgehead atoms. The van der Waals surface area contributed by atoms with E-state index < -0.39 is 0 Å². The quantitative estimate of drug-likeness (QED) is 0.843. The fourth-order valence-electron chi connectivity index (χ4n) is 3.25. The molecule has 6 heteroatoms. The first-order valence-electron chi connectivity index (χ1n) is 8.59. The summed E-state index contributed by atoms with van der Waals surface area (Å²) < 4.78 is 5.23. The number of hydrogen-bond acceptors (Lipinski definition) is 5. The molecule has 0 unspecified atom stereocenters. The molecule has 1 fully saturated rings. The summed E-state index contributed by atoms with van der Waals surface area (Å²) in [4.78, 5) is 24.0. The zero-order chi connectivity index (χ0) is 17.1. The predicted molar refractivity (Wildman–Crippen MR) is 94.6 cm³/mol. The monoisotopic (exact) mass is 330 g/mol. The predicted octanol–water partition coefficient (Wildman–Crippen LogP) is 1.53. The Morgan fingerprint density at radius 3 is 2.58 bits per heavy atom. The minimum atomic E-state index is -0.00330. The van der Waals surface area contributed by atoms with Crippen LogP contribution in [0.4, 0.5) is 0 Å². The van der Waals surface area contributed by atoms with Gasteiger partial charge in [-0.2, -0.15) is 0 Å². The fraction of sp³-hybridized carbons (Fsp3) is 0.556. The van der Waals surface area contributed by atoms with E-state index in [0.29, 0.717) is 30.4 Å². The lowest BCUT2D eigenvalue weighted by molar-refractivity contribution is 0.0827. The minimum absolute atomic E-state index is 0.00330. The molecule has 1 aromatic rings. The Kier molecular flexibility index (Phi) is 5.04. The van der Waals surface area contributed by atoms with Gasteiger partial charge in [-0.05, 0) is 32.0 Å². The molecule has 2 aliphatic heterocycles. The molecule has 0 N–H and O–H groups in total. The van der Waals surface area contributed by atoms with E-state index in [4.69, 9.17) is 4.74 Å². The van der Waals surface area contributed by atoms with E-state index in [0.717, 1.165) is 32.1 Å². The van der Waals surface area contributed by atoms with Crippen LogP contribution < -0.4 is 4.74 Å². The number of methoxy groups -OCH3 is 1. The lowest BCUT2D eigenvalue weighted by atomic mass is 10.2. The largest absolute Gasteiger partial charge is 0.497 e. The molecule has 24 heavy (non-hydrogen) atoms. The van der Waals surface area contributed by atoms with E-state index in [1.54, 1.807) is 18.1 Å². The van der Waals surface area contributed by atoms with Gasteiger partial charge in [-0.3, -0.25) is 19.6 Å². The molecule has 1 aromatic carbocycles. The molecule has 0 saturated carbocycles. The highest BCUT2D eigenvalue weighted by molar-refractivity contribution is 6.06. The molecular weight excluding hydrogens is 304 g/mol. The number of benzene rings is 1.